The standard InChI is InChI=1S/C14H26N2O2/c1-15-9-4-3-6-12(15)8-11-16-10-5-7-13(16)14(17)18-2/h12-13H,3-11H2,1-2H3. The van der Waals surface area contributed by atoms with Crippen LogP contribution in [-0.2, 0) is 9.53 Å². The molecule has 0 aromatic heterocycles. The highest BCUT2D eigenvalue weighted by atomic mass is 16.5. The first-order chi connectivity index (χ1) is 8.72. The van der Waals surface area contributed by atoms with Gasteiger partial charge in [0.2, 0.25) is 0 Å². The van der Waals surface area contributed by atoms with E-state index in [1.807, 2.05) is 0 Å². The summed E-state index contributed by atoms with van der Waals surface area (Å²) < 4.78 is 4.89. The number of ether oxygens (including phenoxy) is 1. The highest BCUT2D eigenvalue weighted by molar-refractivity contribution is 5.75. The van der Waals surface area contributed by atoms with E-state index in [1.165, 1.54) is 39.3 Å². The molecule has 104 valence electrons. The fraction of sp³-hybridized carbons (Fsp3) is 0.929. The number of nitrogens with zero attached hydrogens (tertiary/aromatic N) is 2. The van der Waals surface area contributed by atoms with Crippen molar-refractivity contribution < 1.29 is 9.53 Å². The number of likely N-dealkylation sites (tertiary alicyclic amines) is 2. The third-order valence-electron chi connectivity index (χ3n) is 4.51. The zero-order valence-corrected chi connectivity index (χ0v) is 11.7. The zero-order chi connectivity index (χ0) is 13.0. The Hall–Kier alpha value is -0.610. The molecule has 18 heavy (non-hydrogen) atoms. The van der Waals surface area contributed by atoms with E-state index in [0.29, 0.717) is 6.04 Å². The second-order valence-corrected chi connectivity index (χ2v) is 5.64. The first-order valence-corrected chi connectivity index (χ1v) is 7.24. The molecule has 2 aliphatic rings. The summed E-state index contributed by atoms with van der Waals surface area (Å²) in [5.74, 6) is -0.0514. The molecule has 0 spiro atoms. The SMILES string of the molecule is COC(=O)C1CCCN1CCC1CCCCN1C. The summed E-state index contributed by atoms with van der Waals surface area (Å²) in [6.45, 7) is 3.32. The van der Waals surface area contributed by atoms with E-state index in [4.69, 9.17) is 4.74 Å². The summed E-state index contributed by atoms with van der Waals surface area (Å²) in [4.78, 5) is 16.5. The zero-order valence-electron chi connectivity index (χ0n) is 11.7. The Bertz CT molecular complexity index is 283. The Morgan fingerprint density at radius 3 is 2.78 bits per heavy atom. The molecule has 0 aromatic rings. The van der Waals surface area contributed by atoms with E-state index in [0.717, 1.165) is 25.9 Å². The van der Waals surface area contributed by atoms with Crippen molar-refractivity contribution >= 4 is 5.97 Å². The van der Waals surface area contributed by atoms with Crippen LogP contribution in [-0.4, -0.2) is 61.6 Å². The number of hydrogen-bond acceptors (Lipinski definition) is 4. The van der Waals surface area contributed by atoms with Crippen LogP contribution in [0.5, 0.6) is 0 Å². The van der Waals surface area contributed by atoms with Gasteiger partial charge in [-0.3, -0.25) is 9.69 Å². The van der Waals surface area contributed by atoms with Gasteiger partial charge in [-0.2, -0.15) is 0 Å². The third kappa shape index (κ3) is 3.23. The summed E-state index contributed by atoms with van der Waals surface area (Å²) in [5, 5.41) is 0. The van der Waals surface area contributed by atoms with Crippen molar-refractivity contribution in [3.8, 4) is 0 Å². The first-order valence-electron chi connectivity index (χ1n) is 7.24. The number of carbonyl (C=O) groups excluding carboxylic acids is 1. The van der Waals surface area contributed by atoms with Gasteiger partial charge in [-0.1, -0.05) is 6.42 Å². The molecule has 0 amide bonds. The van der Waals surface area contributed by atoms with Crippen LogP contribution in [0.3, 0.4) is 0 Å². The number of methoxy groups -OCH3 is 1. The predicted molar refractivity (Wildman–Crippen MR) is 71.5 cm³/mol. The second-order valence-electron chi connectivity index (χ2n) is 5.64. The molecule has 2 fully saturated rings. The number of carbonyl (C=O) groups is 1. The number of esters is 1. The van der Waals surface area contributed by atoms with Crippen LogP contribution in [0.15, 0.2) is 0 Å². The smallest absolute Gasteiger partial charge is 0.323 e. The van der Waals surface area contributed by atoms with Crippen molar-refractivity contribution in [2.24, 2.45) is 0 Å². The molecule has 4 nitrogen and oxygen atoms in total. The molecule has 0 bridgehead atoms. The summed E-state index contributed by atoms with van der Waals surface area (Å²) >= 11 is 0. The molecule has 2 heterocycles. The quantitative estimate of drug-likeness (QED) is 0.712. The predicted octanol–water partition coefficient (Wildman–Crippen LogP) is 1.50. The molecule has 2 atom stereocenters. The largest absolute Gasteiger partial charge is 0.468 e. The van der Waals surface area contributed by atoms with Gasteiger partial charge >= 0.3 is 5.97 Å². The van der Waals surface area contributed by atoms with Gasteiger partial charge < -0.3 is 9.64 Å². The third-order valence-corrected chi connectivity index (χ3v) is 4.51. The van der Waals surface area contributed by atoms with Gasteiger partial charge in [-0.15, -0.1) is 0 Å². The maximum Gasteiger partial charge on any atom is 0.323 e. The van der Waals surface area contributed by atoms with Gasteiger partial charge in [0.15, 0.2) is 0 Å². The lowest BCUT2D eigenvalue weighted by molar-refractivity contribution is -0.145. The van der Waals surface area contributed by atoms with E-state index >= 15 is 0 Å². The minimum absolute atomic E-state index is 0.0175. The van der Waals surface area contributed by atoms with Gasteiger partial charge in [0.1, 0.15) is 6.04 Å². The lowest BCUT2D eigenvalue weighted by Gasteiger charge is -2.34. The average molecular weight is 254 g/mol. The van der Waals surface area contributed by atoms with Crippen LogP contribution >= 0.6 is 0 Å². The molecule has 2 aliphatic heterocycles. The van der Waals surface area contributed by atoms with E-state index in [1.54, 1.807) is 0 Å². The van der Waals surface area contributed by atoms with E-state index in [-0.39, 0.29) is 12.0 Å². The van der Waals surface area contributed by atoms with E-state index in [9.17, 15) is 4.79 Å². The molecule has 2 unspecified atom stereocenters. The minimum Gasteiger partial charge on any atom is -0.468 e. The molecule has 2 rings (SSSR count). The number of hydrogen-bond donors (Lipinski definition) is 0. The molecule has 0 radical (unpaired) electrons. The van der Waals surface area contributed by atoms with Crippen molar-refractivity contribution in [1.82, 2.24) is 9.80 Å². The van der Waals surface area contributed by atoms with Crippen LogP contribution in [0.1, 0.15) is 38.5 Å². The van der Waals surface area contributed by atoms with Gasteiger partial charge in [-0.05, 0) is 52.2 Å². The Kier molecular flexibility index (Phi) is 5.01. The van der Waals surface area contributed by atoms with Crippen molar-refractivity contribution in [1.29, 1.82) is 0 Å². The van der Waals surface area contributed by atoms with Crippen molar-refractivity contribution in [3.63, 3.8) is 0 Å². The van der Waals surface area contributed by atoms with Crippen molar-refractivity contribution in [2.45, 2.75) is 50.6 Å². The maximum absolute atomic E-state index is 11.7. The van der Waals surface area contributed by atoms with E-state index < -0.39 is 0 Å². The van der Waals surface area contributed by atoms with E-state index in [2.05, 4.69) is 16.8 Å². The molecule has 2 saturated heterocycles. The lowest BCUT2D eigenvalue weighted by atomic mass is 10.00. The Labute approximate surface area is 110 Å². The van der Waals surface area contributed by atoms with Crippen LogP contribution in [0.25, 0.3) is 0 Å². The molecule has 0 N–H and O–H groups in total. The van der Waals surface area contributed by atoms with Crippen molar-refractivity contribution in [3.05, 3.63) is 0 Å². The molecule has 4 heteroatoms. The monoisotopic (exact) mass is 254 g/mol. The lowest BCUT2D eigenvalue weighted by Crippen LogP contribution is -2.42. The first kappa shape index (κ1) is 13.8. The minimum atomic E-state index is -0.0514. The fourth-order valence-electron chi connectivity index (χ4n) is 3.32. The maximum atomic E-state index is 11.7. The van der Waals surface area contributed by atoms with Crippen LogP contribution in [0.4, 0.5) is 0 Å². The molecular weight excluding hydrogens is 228 g/mol. The highest BCUT2D eigenvalue weighted by Crippen LogP contribution is 2.22. The molecule has 0 aromatic carbocycles. The molecular formula is C14H26N2O2. The molecule has 0 aliphatic carbocycles. The second kappa shape index (κ2) is 6.53. The van der Waals surface area contributed by atoms with Gasteiger partial charge in [0.05, 0.1) is 7.11 Å². The number of rotatable bonds is 4. The summed E-state index contributed by atoms with van der Waals surface area (Å²) in [7, 11) is 3.72. The van der Waals surface area contributed by atoms with Crippen LogP contribution < -0.4 is 0 Å². The Morgan fingerprint density at radius 2 is 2.06 bits per heavy atom. The number of piperidine rings is 1. The van der Waals surface area contributed by atoms with Crippen LogP contribution in [0.2, 0.25) is 0 Å². The highest BCUT2D eigenvalue weighted by Gasteiger charge is 2.31. The normalized spacial score (nSPS) is 30.6. The van der Waals surface area contributed by atoms with Gasteiger partial charge in [-0.25, -0.2) is 0 Å². The van der Waals surface area contributed by atoms with Crippen LogP contribution in [0, 0.1) is 0 Å². The van der Waals surface area contributed by atoms with Crippen molar-refractivity contribution in [2.75, 3.05) is 33.8 Å². The average Bonchev–Trinajstić information content (AvgIpc) is 2.85. The fourth-order valence-corrected chi connectivity index (χ4v) is 3.32. The Morgan fingerprint density at radius 1 is 1.22 bits per heavy atom. The topological polar surface area (TPSA) is 32.8 Å². The summed E-state index contributed by atoms with van der Waals surface area (Å²) in [5.41, 5.74) is 0. The summed E-state index contributed by atoms with van der Waals surface area (Å²) in [6, 6.07) is 0.724. The Balaban J connectivity index is 1.79. The van der Waals surface area contributed by atoms with Gasteiger partial charge in [0.25, 0.3) is 0 Å². The van der Waals surface area contributed by atoms with Gasteiger partial charge in [0, 0.05) is 12.6 Å². The summed E-state index contributed by atoms with van der Waals surface area (Å²) in [6.07, 6.45) is 7.28. The molecule has 0 saturated carbocycles.